The van der Waals surface area contributed by atoms with E-state index < -0.39 is 0 Å². The minimum Gasteiger partial charge on any atom is -0.490 e. The third kappa shape index (κ3) is 5.36. The lowest BCUT2D eigenvalue weighted by Crippen LogP contribution is -2.28. The van der Waals surface area contributed by atoms with Gasteiger partial charge in [0.2, 0.25) is 0 Å². The molecule has 2 aromatic carbocycles. The molecule has 190 valence electrons. The first-order valence-corrected chi connectivity index (χ1v) is 15.6. The molecule has 1 aliphatic heterocycles. The normalized spacial score (nSPS) is 23.8. The Morgan fingerprint density at radius 2 is 1.20 bits per heavy atom. The number of benzene rings is 2. The fourth-order valence-electron chi connectivity index (χ4n) is 6.73. The standard InChI is InChI=1S/C31H44NO2P/c1-22-21-23(2)34-28-19-12-20-29(31(28)30-26(32(3)4)17-11-18-27(30)33-22)35(24-13-7-5-8-14-24)25-15-9-6-10-16-25/h11-12,17-20,22-25H,5-10,13-16,21H2,1-4H3/t22-,23-/m1/s1. The van der Waals surface area contributed by atoms with Gasteiger partial charge in [-0.2, -0.15) is 0 Å². The molecule has 3 aliphatic rings. The summed E-state index contributed by atoms with van der Waals surface area (Å²) < 4.78 is 13.4. The first kappa shape index (κ1) is 24.9. The van der Waals surface area contributed by atoms with Crippen LogP contribution in [-0.2, 0) is 0 Å². The molecule has 1 heterocycles. The first-order chi connectivity index (χ1) is 17.0. The highest BCUT2D eigenvalue weighted by molar-refractivity contribution is 7.67. The van der Waals surface area contributed by atoms with Crippen LogP contribution in [0.1, 0.15) is 84.5 Å². The Morgan fingerprint density at radius 1 is 0.686 bits per heavy atom. The summed E-state index contributed by atoms with van der Waals surface area (Å²) in [5, 5.41) is 1.58. The number of hydrogen-bond acceptors (Lipinski definition) is 3. The molecule has 0 aromatic heterocycles. The summed E-state index contributed by atoms with van der Waals surface area (Å²) in [5.41, 5.74) is 5.48. The number of anilines is 1. The Hall–Kier alpha value is -1.73. The third-order valence-corrected chi connectivity index (χ3v) is 11.8. The van der Waals surface area contributed by atoms with E-state index in [1.807, 2.05) is 0 Å². The Balaban J connectivity index is 1.74. The van der Waals surface area contributed by atoms with Crippen LogP contribution in [0.3, 0.4) is 0 Å². The van der Waals surface area contributed by atoms with Crippen molar-refractivity contribution >= 4 is 18.9 Å². The Labute approximate surface area is 214 Å². The number of fused-ring (bicyclic) bond motifs is 3. The Bertz CT molecular complexity index is 975. The van der Waals surface area contributed by atoms with Gasteiger partial charge in [-0.3, -0.25) is 0 Å². The van der Waals surface area contributed by atoms with Gasteiger partial charge in [0.05, 0.1) is 17.8 Å². The summed E-state index contributed by atoms with van der Waals surface area (Å²) in [6, 6.07) is 13.5. The van der Waals surface area contributed by atoms with Gasteiger partial charge >= 0.3 is 0 Å². The molecule has 0 unspecified atom stereocenters. The highest BCUT2D eigenvalue weighted by Crippen LogP contribution is 2.58. The number of ether oxygens (including phenoxy) is 2. The quantitative estimate of drug-likeness (QED) is 0.401. The van der Waals surface area contributed by atoms with Crippen LogP contribution in [-0.4, -0.2) is 37.6 Å². The summed E-state index contributed by atoms with van der Waals surface area (Å²) in [6.45, 7) is 4.38. The van der Waals surface area contributed by atoms with Crippen LogP contribution in [0.5, 0.6) is 11.5 Å². The SMILES string of the molecule is C[C@@H]1C[C@@H](C)Oc2cccc(P(C3CCCCC3)C3CCCCC3)c2-c2c(cccc2N(C)C)O1. The second-order valence-electron chi connectivity index (χ2n) is 11.3. The monoisotopic (exact) mass is 493 g/mol. The van der Waals surface area contributed by atoms with E-state index in [4.69, 9.17) is 9.47 Å². The zero-order chi connectivity index (χ0) is 24.4. The molecule has 2 fully saturated rings. The van der Waals surface area contributed by atoms with Crippen molar-refractivity contribution in [2.24, 2.45) is 0 Å². The lowest BCUT2D eigenvalue weighted by atomic mass is 9.99. The van der Waals surface area contributed by atoms with E-state index in [1.165, 1.54) is 81.0 Å². The van der Waals surface area contributed by atoms with E-state index in [1.54, 1.807) is 5.30 Å². The molecule has 0 bridgehead atoms. The van der Waals surface area contributed by atoms with Gasteiger partial charge in [-0.1, -0.05) is 64.6 Å². The van der Waals surface area contributed by atoms with Gasteiger partial charge in [-0.15, -0.1) is 0 Å². The molecular formula is C31H44NO2P. The molecule has 2 atom stereocenters. The average Bonchev–Trinajstić information content (AvgIpc) is 2.90. The van der Waals surface area contributed by atoms with Crippen molar-refractivity contribution in [2.45, 2.75) is 108 Å². The number of hydrogen-bond donors (Lipinski definition) is 0. The van der Waals surface area contributed by atoms with Crippen molar-refractivity contribution in [2.75, 3.05) is 19.0 Å². The van der Waals surface area contributed by atoms with Crippen molar-refractivity contribution in [1.29, 1.82) is 0 Å². The molecular weight excluding hydrogens is 449 g/mol. The molecule has 2 saturated carbocycles. The van der Waals surface area contributed by atoms with E-state index in [0.29, 0.717) is 0 Å². The van der Waals surface area contributed by atoms with E-state index in [9.17, 15) is 0 Å². The zero-order valence-corrected chi connectivity index (χ0v) is 23.2. The lowest BCUT2D eigenvalue weighted by molar-refractivity contribution is 0.134. The van der Waals surface area contributed by atoms with Crippen LogP contribution in [0.4, 0.5) is 5.69 Å². The van der Waals surface area contributed by atoms with Crippen LogP contribution in [0.15, 0.2) is 36.4 Å². The summed E-state index contributed by atoms with van der Waals surface area (Å²) in [5.74, 6) is 2.07. The highest BCUT2D eigenvalue weighted by Gasteiger charge is 2.36. The maximum Gasteiger partial charge on any atom is 0.129 e. The minimum atomic E-state index is -0.271. The molecule has 0 N–H and O–H groups in total. The van der Waals surface area contributed by atoms with Crippen molar-refractivity contribution in [3.63, 3.8) is 0 Å². The van der Waals surface area contributed by atoms with E-state index in [2.05, 4.69) is 69.2 Å². The molecule has 2 aliphatic carbocycles. The van der Waals surface area contributed by atoms with Crippen LogP contribution >= 0.6 is 7.92 Å². The maximum atomic E-state index is 6.76. The maximum absolute atomic E-state index is 6.76. The van der Waals surface area contributed by atoms with Crippen LogP contribution < -0.4 is 19.7 Å². The fourth-order valence-corrected chi connectivity index (χ4v) is 10.7. The molecule has 5 rings (SSSR count). The fraction of sp³-hybridized carbons (Fsp3) is 0.613. The van der Waals surface area contributed by atoms with Gasteiger partial charge in [0.1, 0.15) is 11.5 Å². The smallest absolute Gasteiger partial charge is 0.129 e. The molecule has 0 spiro atoms. The zero-order valence-electron chi connectivity index (χ0n) is 22.3. The second-order valence-corrected chi connectivity index (χ2v) is 14.0. The van der Waals surface area contributed by atoms with Crippen molar-refractivity contribution < 1.29 is 9.47 Å². The second kappa shape index (κ2) is 11.1. The largest absolute Gasteiger partial charge is 0.490 e. The summed E-state index contributed by atoms with van der Waals surface area (Å²) >= 11 is 0. The number of nitrogens with zero attached hydrogens (tertiary/aromatic N) is 1. The topological polar surface area (TPSA) is 21.7 Å². The van der Waals surface area contributed by atoms with Crippen molar-refractivity contribution in [3.8, 4) is 22.6 Å². The molecule has 2 aromatic rings. The molecule has 3 nitrogen and oxygen atoms in total. The van der Waals surface area contributed by atoms with Crippen LogP contribution in [0.25, 0.3) is 11.1 Å². The van der Waals surface area contributed by atoms with Crippen molar-refractivity contribution in [3.05, 3.63) is 36.4 Å². The Morgan fingerprint density at radius 3 is 1.74 bits per heavy atom. The van der Waals surface area contributed by atoms with E-state index >= 15 is 0 Å². The summed E-state index contributed by atoms with van der Waals surface area (Å²) in [7, 11) is 4.04. The minimum absolute atomic E-state index is 0.108. The van der Waals surface area contributed by atoms with Crippen LogP contribution in [0, 0.1) is 0 Å². The molecule has 0 saturated heterocycles. The third-order valence-electron chi connectivity index (χ3n) is 8.27. The Kier molecular flexibility index (Phi) is 7.92. The predicted octanol–water partition coefficient (Wildman–Crippen LogP) is 8.13. The molecule has 35 heavy (non-hydrogen) atoms. The first-order valence-electron chi connectivity index (χ1n) is 14.1. The van der Waals surface area contributed by atoms with Gasteiger partial charge in [0, 0.05) is 31.8 Å². The van der Waals surface area contributed by atoms with E-state index in [-0.39, 0.29) is 20.1 Å². The average molecular weight is 494 g/mol. The van der Waals surface area contributed by atoms with Crippen LogP contribution in [0.2, 0.25) is 0 Å². The van der Waals surface area contributed by atoms with E-state index in [0.717, 1.165) is 29.2 Å². The van der Waals surface area contributed by atoms with Gasteiger partial charge in [0.15, 0.2) is 0 Å². The van der Waals surface area contributed by atoms with Gasteiger partial charge in [-0.25, -0.2) is 0 Å². The highest BCUT2D eigenvalue weighted by atomic mass is 31.1. The van der Waals surface area contributed by atoms with Gasteiger partial charge in [0.25, 0.3) is 0 Å². The van der Waals surface area contributed by atoms with Gasteiger partial charge < -0.3 is 14.4 Å². The molecule has 0 amide bonds. The lowest BCUT2D eigenvalue weighted by Gasteiger charge is -2.40. The summed E-state index contributed by atoms with van der Waals surface area (Å²) in [6.07, 6.45) is 15.2. The van der Waals surface area contributed by atoms with Gasteiger partial charge in [-0.05, 0) is 74.4 Å². The molecule has 0 radical (unpaired) electrons. The molecule has 4 heteroatoms. The number of rotatable bonds is 4. The predicted molar refractivity (Wildman–Crippen MR) is 151 cm³/mol. The van der Waals surface area contributed by atoms with Crippen molar-refractivity contribution in [1.82, 2.24) is 0 Å². The summed E-state index contributed by atoms with van der Waals surface area (Å²) in [4.78, 5) is 2.25.